The quantitative estimate of drug-likeness (QED) is 0.557. The number of nitrogens with one attached hydrogen (secondary N) is 2. The van der Waals surface area contributed by atoms with E-state index in [0.717, 1.165) is 44.3 Å². The molecule has 0 radical (unpaired) electrons. The van der Waals surface area contributed by atoms with Crippen molar-refractivity contribution in [1.82, 2.24) is 15.6 Å². The summed E-state index contributed by atoms with van der Waals surface area (Å²) >= 11 is 0. The van der Waals surface area contributed by atoms with Gasteiger partial charge < -0.3 is 20.3 Å². The number of nitrogens with zero attached hydrogens (tertiary/aromatic N) is 3. The molecule has 0 spiro atoms. The second-order valence-electron chi connectivity index (χ2n) is 7.65. The Balaban J connectivity index is 1.48. The molecular weight excluding hydrogens is 362 g/mol. The number of aromatic nitrogens is 1. The zero-order valence-electron chi connectivity index (χ0n) is 17.8. The zero-order valence-corrected chi connectivity index (χ0v) is 17.8. The number of rotatable bonds is 7. The van der Waals surface area contributed by atoms with E-state index in [4.69, 9.17) is 4.74 Å². The van der Waals surface area contributed by atoms with E-state index in [1.165, 1.54) is 11.1 Å². The number of pyridine rings is 1. The molecule has 2 unspecified atom stereocenters. The summed E-state index contributed by atoms with van der Waals surface area (Å²) in [6, 6.07) is 15.1. The summed E-state index contributed by atoms with van der Waals surface area (Å²) in [5, 5.41) is 6.91. The lowest BCUT2D eigenvalue weighted by atomic mass is 10.1. The number of anilines is 1. The maximum atomic E-state index is 5.63. The molecule has 0 amide bonds. The minimum atomic E-state index is 0.243. The maximum Gasteiger partial charge on any atom is 0.191 e. The van der Waals surface area contributed by atoms with E-state index < -0.39 is 0 Å². The van der Waals surface area contributed by atoms with Crippen LogP contribution in [0.2, 0.25) is 0 Å². The van der Waals surface area contributed by atoms with Crippen LogP contribution in [0.3, 0.4) is 0 Å². The van der Waals surface area contributed by atoms with Crippen molar-refractivity contribution in [3.63, 3.8) is 0 Å². The summed E-state index contributed by atoms with van der Waals surface area (Å²) in [6.45, 7) is 7.53. The van der Waals surface area contributed by atoms with E-state index in [1.54, 1.807) is 0 Å². The van der Waals surface area contributed by atoms with Crippen molar-refractivity contribution in [1.29, 1.82) is 0 Å². The van der Waals surface area contributed by atoms with Crippen molar-refractivity contribution in [3.05, 3.63) is 59.8 Å². The highest BCUT2D eigenvalue weighted by molar-refractivity contribution is 5.79. The van der Waals surface area contributed by atoms with Crippen LogP contribution in [0.15, 0.2) is 53.7 Å². The molecule has 29 heavy (non-hydrogen) atoms. The van der Waals surface area contributed by atoms with Crippen molar-refractivity contribution in [3.8, 4) is 0 Å². The minimum absolute atomic E-state index is 0.243. The highest BCUT2D eigenvalue weighted by Gasteiger charge is 2.18. The molecule has 2 heterocycles. The lowest BCUT2D eigenvalue weighted by Gasteiger charge is -2.32. The third-order valence-corrected chi connectivity index (χ3v) is 5.15. The smallest absolute Gasteiger partial charge is 0.191 e. The number of morpholine rings is 1. The van der Waals surface area contributed by atoms with Crippen molar-refractivity contribution in [2.24, 2.45) is 4.99 Å². The predicted octanol–water partition coefficient (Wildman–Crippen LogP) is 2.99. The van der Waals surface area contributed by atoms with Gasteiger partial charge in [-0.15, -0.1) is 0 Å². The summed E-state index contributed by atoms with van der Waals surface area (Å²) in [4.78, 5) is 11.2. The van der Waals surface area contributed by atoms with Crippen LogP contribution >= 0.6 is 0 Å². The van der Waals surface area contributed by atoms with Crippen LogP contribution in [0.4, 0.5) is 5.82 Å². The van der Waals surface area contributed by atoms with Crippen LogP contribution in [0.5, 0.6) is 0 Å². The molecule has 0 bridgehead atoms. The second kappa shape index (κ2) is 10.8. The van der Waals surface area contributed by atoms with Crippen LogP contribution < -0.4 is 15.5 Å². The van der Waals surface area contributed by atoms with Crippen molar-refractivity contribution in [2.75, 3.05) is 31.6 Å². The first-order chi connectivity index (χ1) is 14.1. The number of hydrogen-bond donors (Lipinski definition) is 2. The molecule has 1 saturated heterocycles. The van der Waals surface area contributed by atoms with Crippen LogP contribution in [0.1, 0.15) is 31.4 Å². The van der Waals surface area contributed by atoms with E-state index in [0.29, 0.717) is 12.6 Å². The van der Waals surface area contributed by atoms with Crippen molar-refractivity contribution in [2.45, 2.75) is 45.4 Å². The van der Waals surface area contributed by atoms with Crippen molar-refractivity contribution >= 4 is 11.8 Å². The van der Waals surface area contributed by atoms with Gasteiger partial charge in [0.05, 0.1) is 12.7 Å². The van der Waals surface area contributed by atoms with E-state index in [9.17, 15) is 0 Å². The Bertz CT molecular complexity index is 780. The molecule has 0 saturated carbocycles. The van der Waals surface area contributed by atoms with Gasteiger partial charge in [-0.25, -0.2) is 4.98 Å². The fourth-order valence-electron chi connectivity index (χ4n) is 3.48. The Labute approximate surface area is 174 Å². The largest absolute Gasteiger partial charge is 0.375 e. The topological polar surface area (TPSA) is 61.8 Å². The van der Waals surface area contributed by atoms with Gasteiger partial charge in [-0.3, -0.25) is 4.99 Å². The number of guanidine groups is 1. The third kappa shape index (κ3) is 6.75. The number of hydrogen-bond acceptors (Lipinski definition) is 4. The first kappa shape index (κ1) is 21.1. The first-order valence-corrected chi connectivity index (χ1v) is 10.5. The van der Waals surface area contributed by atoms with E-state index in [2.05, 4.69) is 75.8 Å². The Morgan fingerprint density at radius 3 is 2.86 bits per heavy atom. The first-order valence-electron chi connectivity index (χ1n) is 10.5. The second-order valence-corrected chi connectivity index (χ2v) is 7.65. The Morgan fingerprint density at radius 1 is 1.28 bits per heavy atom. The molecule has 3 rings (SSSR count). The molecule has 2 atom stereocenters. The van der Waals surface area contributed by atoms with Gasteiger partial charge in [-0.1, -0.05) is 30.3 Å². The summed E-state index contributed by atoms with van der Waals surface area (Å²) in [5.41, 5.74) is 2.56. The Kier molecular flexibility index (Phi) is 7.87. The van der Waals surface area contributed by atoms with E-state index >= 15 is 0 Å². The Hall–Kier alpha value is -2.60. The lowest BCUT2D eigenvalue weighted by molar-refractivity contribution is 0.0529. The highest BCUT2D eigenvalue weighted by atomic mass is 16.5. The van der Waals surface area contributed by atoms with Gasteiger partial charge in [0.15, 0.2) is 5.96 Å². The van der Waals surface area contributed by atoms with Gasteiger partial charge >= 0.3 is 0 Å². The highest BCUT2D eigenvalue weighted by Crippen LogP contribution is 2.16. The third-order valence-electron chi connectivity index (χ3n) is 5.15. The molecule has 0 aliphatic carbocycles. The molecule has 2 N–H and O–H groups in total. The van der Waals surface area contributed by atoms with Gasteiger partial charge in [0.1, 0.15) is 5.82 Å². The summed E-state index contributed by atoms with van der Waals surface area (Å²) in [6.07, 6.45) is 4.23. The molecule has 1 aliphatic rings. The van der Waals surface area contributed by atoms with Crippen LogP contribution in [0, 0.1) is 0 Å². The molecular formula is C23H33N5O. The minimum Gasteiger partial charge on any atom is -0.375 e. The Morgan fingerprint density at radius 2 is 2.10 bits per heavy atom. The zero-order chi connectivity index (χ0) is 20.5. The average Bonchev–Trinajstić information content (AvgIpc) is 2.76. The standard InChI is InChI=1S/C23H33N5O/c1-18(9-10-20-7-5-4-6-8-20)27-23(24-3)26-16-21-11-12-25-22(15-21)28-13-14-29-19(2)17-28/h4-8,11-12,15,18-19H,9-10,13-14,16-17H2,1-3H3,(H2,24,26,27). The fraction of sp³-hybridized carbons (Fsp3) is 0.478. The van der Waals surface area contributed by atoms with Crippen LogP contribution in [-0.4, -0.2) is 49.8 Å². The van der Waals surface area contributed by atoms with E-state index in [-0.39, 0.29) is 6.10 Å². The lowest BCUT2D eigenvalue weighted by Crippen LogP contribution is -2.42. The summed E-state index contributed by atoms with van der Waals surface area (Å²) in [5.74, 6) is 1.84. The molecule has 1 aliphatic heterocycles. The van der Waals surface area contributed by atoms with Gasteiger partial charge in [0.25, 0.3) is 0 Å². The molecule has 1 fully saturated rings. The number of aryl methyl sites for hydroxylation is 1. The predicted molar refractivity (Wildman–Crippen MR) is 119 cm³/mol. The summed E-state index contributed by atoms with van der Waals surface area (Å²) in [7, 11) is 1.81. The van der Waals surface area contributed by atoms with Crippen LogP contribution in [-0.2, 0) is 17.7 Å². The van der Waals surface area contributed by atoms with Gasteiger partial charge in [0, 0.05) is 38.9 Å². The van der Waals surface area contributed by atoms with Crippen molar-refractivity contribution < 1.29 is 4.74 Å². The number of ether oxygens (including phenoxy) is 1. The molecule has 6 nitrogen and oxygen atoms in total. The number of benzene rings is 1. The van der Waals surface area contributed by atoms with Gasteiger partial charge in [-0.05, 0) is 49.9 Å². The SMILES string of the molecule is CN=C(NCc1ccnc(N2CCOC(C)C2)c1)NC(C)CCc1ccccc1. The van der Waals surface area contributed by atoms with Gasteiger partial charge in [-0.2, -0.15) is 0 Å². The normalized spacial score (nSPS) is 18.4. The molecule has 1 aromatic carbocycles. The van der Waals surface area contributed by atoms with Gasteiger partial charge in [0.2, 0.25) is 0 Å². The molecule has 6 heteroatoms. The maximum absolute atomic E-state index is 5.63. The van der Waals surface area contributed by atoms with Crippen LogP contribution in [0.25, 0.3) is 0 Å². The molecule has 1 aromatic heterocycles. The number of aliphatic imine (C=N–C) groups is 1. The average molecular weight is 396 g/mol. The monoisotopic (exact) mass is 395 g/mol. The fourth-order valence-corrected chi connectivity index (χ4v) is 3.48. The molecule has 2 aromatic rings. The summed E-state index contributed by atoms with van der Waals surface area (Å²) < 4.78 is 5.63. The molecule has 156 valence electrons. The van der Waals surface area contributed by atoms with E-state index in [1.807, 2.05) is 19.3 Å².